The van der Waals surface area contributed by atoms with E-state index >= 15 is 0 Å². The van der Waals surface area contributed by atoms with Gasteiger partial charge in [0.25, 0.3) is 11.6 Å². The Kier molecular flexibility index (Phi) is 4.37. The number of rotatable bonds is 6. The Morgan fingerprint density at radius 3 is 2.81 bits per heavy atom. The van der Waals surface area contributed by atoms with Crippen molar-refractivity contribution in [3.63, 3.8) is 0 Å². The first-order valence-electron chi connectivity index (χ1n) is 8.62. The average Bonchev–Trinajstić information content (AvgIpc) is 3.42. The monoisotopic (exact) mass is 363 g/mol. The van der Waals surface area contributed by atoms with Crippen molar-refractivity contribution in [3.05, 3.63) is 82.4 Å². The Morgan fingerprint density at radius 2 is 2.11 bits per heavy atom. The molecule has 3 aromatic rings. The van der Waals surface area contributed by atoms with Crippen LogP contribution in [0.1, 0.15) is 28.9 Å². The van der Waals surface area contributed by atoms with Gasteiger partial charge in [-0.3, -0.25) is 19.9 Å². The molecule has 0 radical (unpaired) electrons. The molecule has 27 heavy (non-hydrogen) atoms. The van der Waals surface area contributed by atoms with Crippen LogP contribution in [0.2, 0.25) is 0 Å². The molecule has 1 aliphatic rings. The van der Waals surface area contributed by atoms with E-state index in [9.17, 15) is 14.9 Å². The van der Waals surface area contributed by atoms with Crippen LogP contribution in [0.4, 0.5) is 5.69 Å². The second-order valence-corrected chi connectivity index (χ2v) is 6.45. The lowest BCUT2D eigenvalue weighted by molar-refractivity contribution is -0.384. The number of carbonyl (C=O) groups excluding carboxylic acids is 1. The van der Waals surface area contributed by atoms with E-state index in [0.29, 0.717) is 17.9 Å². The van der Waals surface area contributed by atoms with Crippen LogP contribution < -0.4 is 0 Å². The normalized spacial score (nSPS) is 13.3. The summed E-state index contributed by atoms with van der Waals surface area (Å²) in [6.45, 7) is 0.487. The summed E-state index contributed by atoms with van der Waals surface area (Å²) in [6.07, 6.45) is 7.06. The molecule has 0 N–H and O–H groups in total. The lowest BCUT2D eigenvalue weighted by Gasteiger charge is -2.21. The minimum Gasteiger partial charge on any atom is -0.330 e. The summed E-state index contributed by atoms with van der Waals surface area (Å²) >= 11 is 0. The summed E-state index contributed by atoms with van der Waals surface area (Å²) in [7, 11) is 0. The SMILES string of the molecule is O=C(c1ccn(-c2cccc([N+](=O)[O-])c2)n1)N(Cc1cccnc1)C1CC1. The zero-order chi connectivity index (χ0) is 18.8. The van der Waals surface area contributed by atoms with Gasteiger partial charge < -0.3 is 4.90 Å². The van der Waals surface area contributed by atoms with Crippen LogP contribution in [0.5, 0.6) is 0 Å². The predicted molar refractivity (Wildman–Crippen MR) is 97.4 cm³/mol. The summed E-state index contributed by atoms with van der Waals surface area (Å²) < 4.78 is 1.48. The van der Waals surface area contributed by atoms with Crippen molar-refractivity contribution in [1.82, 2.24) is 19.7 Å². The van der Waals surface area contributed by atoms with Gasteiger partial charge in [-0.25, -0.2) is 4.68 Å². The molecule has 0 aliphatic heterocycles. The van der Waals surface area contributed by atoms with Crippen LogP contribution in [-0.2, 0) is 6.54 Å². The quantitative estimate of drug-likeness (QED) is 0.496. The van der Waals surface area contributed by atoms with Gasteiger partial charge in [-0.2, -0.15) is 5.10 Å². The Hall–Kier alpha value is -3.55. The van der Waals surface area contributed by atoms with Crippen LogP contribution >= 0.6 is 0 Å². The molecular formula is C19H17N5O3. The Morgan fingerprint density at radius 1 is 1.26 bits per heavy atom. The average molecular weight is 363 g/mol. The van der Waals surface area contributed by atoms with E-state index in [4.69, 9.17) is 0 Å². The number of pyridine rings is 1. The Labute approximate surface area is 155 Å². The lowest BCUT2D eigenvalue weighted by Crippen LogP contribution is -2.33. The molecule has 2 heterocycles. The molecule has 8 heteroatoms. The molecule has 0 spiro atoms. The molecule has 2 aromatic heterocycles. The summed E-state index contributed by atoms with van der Waals surface area (Å²) in [5, 5.41) is 15.3. The van der Waals surface area contributed by atoms with Crippen molar-refractivity contribution in [2.24, 2.45) is 0 Å². The highest BCUT2D eigenvalue weighted by molar-refractivity contribution is 5.92. The van der Waals surface area contributed by atoms with Crippen molar-refractivity contribution in [2.75, 3.05) is 0 Å². The smallest absolute Gasteiger partial charge is 0.274 e. The number of aromatic nitrogens is 3. The number of nitro groups is 1. The topological polar surface area (TPSA) is 94.2 Å². The number of nitro benzene ring substituents is 1. The van der Waals surface area contributed by atoms with Gasteiger partial charge in [0.15, 0.2) is 5.69 Å². The van der Waals surface area contributed by atoms with Gasteiger partial charge in [-0.1, -0.05) is 12.1 Å². The molecule has 1 aliphatic carbocycles. The van der Waals surface area contributed by atoms with Gasteiger partial charge in [0, 0.05) is 43.3 Å². The lowest BCUT2D eigenvalue weighted by atomic mass is 10.2. The summed E-state index contributed by atoms with van der Waals surface area (Å²) in [4.78, 5) is 29.4. The maximum Gasteiger partial charge on any atom is 0.274 e. The van der Waals surface area contributed by atoms with E-state index in [0.717, 1.165) is 18.4 Å². The standard InChI is InChI=1S/C19H17N5O3/c25-19(22(15-6-7-15)13-14-3-2-9-20-12-14)18-8-10-23(21-18)16-4-1-5-17(11-16)24(26)27/h1-5,8-12,15H,6-7,13H2. The molecule has 0 unspecified atom stereocenters. The molecule has 0 saturated heterocycles. The van der Waals surface area contributed by atoms with Crippen molar-refractivity contribution in [2.45, 2.75) is 25.4 Å². The molecule has 1 saturated carbocycles. The Balaban J connectivity index is 1.57. The molecule has 4 rings (SSSR count). The molecule has 136 valence electrons. The zero-order valence-corrected chi connectivity index (χ0v) is 14.4. The third kappa shape index (κ3) is 3.69. The zero-order valence-electron chi connectivity index (χ0n) is 14.4. The fourth-order valence-electron chi connectivity index (χ4n) is 2.92. The third-order valence-electron chi connectivity index (χ3n) is 4.44. The number of amides is 1. The fourth-order valence-corrected chi connectivity index (χ4v) is 2.92. The van der Waals surface area contributed by atoms with Crippen LogP contribution in [-0.4, -0.2) is 36.5 Å². The van der Waals surface area contributed by atoms with E-state index in [1.165, 1.54) is 16.8 Å². The van der Waals surface area contributed by atoms with Crippen LogP contribution in [0.25, 0.3) is 5.69 Å². The van der Waals surface area contributed by atoms with E-state index in [1.807, 2.05) is 17.0 Å². The molecule has 8 nitrogen and oxygen atoms in total. The molecule has 0 bridgehead atoms. The van der Waals surface area contributed by atoms with Gasteiger partial charge in [-0.15, -0.1) is 0 Å². The molecule has 1 aromatic carbocycles. The van der Waals surface area contributed by atoms with E-state index in [1.54, 1.807) is 36.8 Å². The van der Waals surface area contributed by atoms with Gasteiger partial charge >= 0.3 is 0 Å². The first kappa shape index (κ1) is 16.9. The minimum absolute atomic E-state index is 0.0212. The molecule has 1 fully saturated rings. The number of hydrogen-bond donors (Lipinski definition) is 0. The van der Waals surface area contributed by atoms with Gasteiger partial charge in [0.1, 0.15) is 0 Å². The van der Waals surface area contributed by atoms with Gasteiger partial charge in [0.05, 0.1) is 10.6 Å². The maximum atomic E-state index is 13.0. The summed E-state index contributed by atoms with van der Waals surface area (Å²) in [6, 6.07) is 11.8. The van der Waals surface area contributed by atoms with E-state index in [2.05, 4.69) is 10.1 Å². The van der Waals surface area contributed by atoms with E-state index in [-0.39, 0.29) is 17.6 Å². The third-order valence-corrected chi connectivity index (χ3v) is 4.44. The molecule has 1 amide bonds. The van der Waals surface area contributed by atoms with Crippen LogP contribution in [0, 0.1) is 10.1 Å². The largest absolute Gasteiger partial charge is 0.330 e. The number of carbonyl (C=O) groups is 1. The number of non-ortho nitro benzene ring substituents is 1. The Bertz CT molecular complexity index is 982. The van der Waals surface area contributed by atoms with Crippen LogP contribution in [0.3, 0.4) is 0 Å². The van der Waals surface area contributed by atoms with Crippen molar-refractivity contribution < 1.29 is 9.72 Å². The summed E-state index contributed by atoms with van der Waals surface area (Å²) in [5.74, 6) is -0.148. The number of hydrogen-bond acceptors (Lipinski definition) is 5. The minimum atomic E-state index is -0.457. The molecule has 0 atom stereocenters. The van der Waals surface area contributed by atoms with E-state index < -0.39 is 4.92 Å². The first-order valence-corrected chi connectivity index (χ1v) is 8.62. The van der Waals surface area contributed by atoms with Gasteiger partial charge in [-0.05, 0) is 36.6 Å². The number of nitrogens with zero attached hydrogens (tertiary/aromatic N) is 5. The maximum absolute atomic E-state index is 13.0. The second-order valence-electron chi connectivity index (χ2n) is 6.45. The van der Waals surface area contributed by atoms with Crippen LogP contribution in [0.15, 0.2) is 61.1 Å². The molecular weight excluding hydrogens is 346 g/mol. The highest BCUT2D eigenvalue weighted by Crippen LogP contribution is 2.29. The number of benzene rings is 1. The van der Waals surface area contributed by atoms with Crippen molar-refractivity contribution >= 4 is 11.6 Å². The fraction of sp³-hybridized carbons (Fsp3) is 0.211. The second kappa shape index (κ2) is 6.99. The predicted octanol–water partition coefficient (Wildman–Crippen LogP) is 2.98. The summed E-state index contributed by atoms with van der Waals surface area (Å²) in [5.41, 5.74) is 1.80. The highest BCUT2D eigenvalue weighted by atomic mass is 16.6. The van der Waals surface area contributed by atoms with Gasteiger partial charge in [0.2, 0.25) is 0 Å². The van der Waals surface area contributed by atoms with Crippen molar-refractivity contribution in [3.8, 4) is 5.69 Å². The van der Waals surface area contributed by atoms with Crippen molar-refractivity contribution in [1.29, 1.82) is 0 Å². The first-order chi connectivity index (χ1) is 13.1. The highest BCUT2D eigenvalue weighted by Gasteiger charge is 2.34.